The molecule has 2 heterocycles. The lowest BCUT2D eigenvalue weighted by molar-refractivity contribution is 0.318. The number of hydrogen-bond donors (Lipinski definition) is 1. The molecule has 2 rings (SSSR count). The molecular weight excluding hydrogens is 174 g/mol. The number of hydrogen-bond acceptors (Lipinski definition) is 3. The van der Waals surface area contributed by atoms with Gasteiger partial charge in [0.25, 0.3) is 0 Å². The first-order chi connectivity index (χ1) is 6.73. The van der Waals surface area contributed by atoms with Gasteiger partial charge in [-0.1, -0.05) is 12.8 Å². The van der Waals surface area contributed by atoms with E-state index in [-0.39, 0.29) is 5.54 Å². The van der Waals surface area contributed by atoms with Gasteiger partial charge in [-0.2, -0.15) is 0 Å². The van der Waals surface area contributed by atoms with Crippen LogP contribution in [0.1, 0.15) is 20.3 Å². The highest BCUT2D eigenvalue weighted by Gasteiger charge is 2.30. The van der Waals surface area contributed by atoms with Gasteiger partial charge in [-0.15, -0.1) is 5.92 Å². The average molecular weight is 187 g/mol. The summed E-state index contributed by atoms with van der Waals surface area (Å²) in [6.45, 7) is 4.09. The Kier molecular flexibility index (Phi) is 2.14. The summed E-state index contributed by atoms with van der Waals surface area (Å²) in [6, 6.07) is 0. The van der Waals surface area contributed by atoms with Crippen LogP contribution < -0.4 is 5.43 Å². The maximum Gasteiger partial charge on any atom is 0.145 e. The van der Waals surface area contributed by atoms with Crippen LogP contribution in [0.4, 0.5) is 0 Å². The number of hydrazine groups is 1. The SMILES string of the molecule is CCC#CC1(C)C=C2N=CC=CN2N1. The fourth-order valence-corrected chi connectivity index (χ4v) is 1.46. The smallest absolute Gasteiger partial charge is 0.145 e. The van der Waals surface area contributed by atoms with Crippen LogP contribution in [0, 0.1) is 11.8 Å². The van der Waals surface area contributed by atoms with E-state index in [2.05, 4.69) is 22.3 Å². The van der Waals surface area contributed by atoms with E-state index in [9.17, 15) is 0 Å². The Morgan fingerprint density at radius 2 is 2.50 bits per heavy atom. The molecule has 3 nitrogen and oxygen atoms in total. The molecule has 0 bridgehead atoms. The molecule has 0 aromatic carbocycles. The summed E-state index contributed by atoms with van der Waals surface area (Å²) in [5, 5.41) is 1.89. The molecule has 0 aromatic heterocycles. The van der Waals surface area contributed by atoms with Gasteiger partial charge in [0.2, 0.25) is 0 Å². The molecule has 0 saturated carbocycles. The highest BCUT2D eigenvalue weighted by Crippen LogP contribution is 2.22. The summed E-state index contributed by atoms with van der Waals surface area (Å²) < 4.78 is 0. The van der Waals surface area contributed by atoms with Crippen LogP contribution >= 0.6 is 0 Å². The minimum Gasteiger partial charge on any atom is -0.265 e. The van der Waals surface area contributed by atoms with Crippen LogP contribution in [0.3, 0.4) is 0 Å². The van der Waals surface area contributed by atoms with Crippen molar-refractivity contribution in [2.75, 3.05) is 0 Å². The third-order valence-corrected chi connectivity index (χ3v) is 2.07. The van der Waals surface area contributed by atoms with E-state index in [4.69, 9.17) is 0 Å². The summed E-state index contributed by atoms with van der Waals surface area (Å²) in [6.07, 6.45) is 8.53. The molecular formula is C11H13N3. The van der Waals surface area contributed by atoms with Crippen molar-refractivity contribution >= 4 is 6.21 Å². The Balaban J connectivity index is 2.24. The lowest BCUT2D eigenvalue weighted by Gasteiger charge is -2.21. The molecule has 0 radical (unpaired) electrons. The van der Waals surface area contributed by atoms with Gasteiger partial charge in [-0.05, 0) is 19.1 Å². The number of nitrogens with one attached hydrogen (secondary N) is 1. The Labute approximate surface area is 84.2 Å². The van der Waals surface area contributed by atoms with Crippen LogP contribution in [-0.2, 0) is 0 Å². The molecule has 14 heavy (non-hydrogen) atoms. The Morgan fingerprint density at radius 3 is 3.21 bits per heavy atom. The van der Waals surface area contributed by atoms with Crippen molar-refractivity contribution in [1.82, 2.24) is 10.4 Å². The molecule has 2 aliphatic rings. The highest BCUT2D eigenvalue weighted by molar-refractivity contribution is 5.73. The molecule has 0 aliphatic carbocycles. The maximum absolute atomic E-state index is 4.24. The van der Waals surface area contributed by atoms with Gasteiger partial charge in [-0.3, -0.25) is 5.01 Å². The third-order valence-electron chi connectivity index (χ3n) is 2.07. The van der Waals surface area contributed by atoms with E-state index in [1.165, 1.54) is 0 Å². The fourth-order valence-electron chi connectivity index (χ4n) is 1.46. The molecule has 1 N–H and O–H groups in total. The van der Waals surface area contributed by atoms with Gasteiger partial charge >= 0.3 is 0 Å². The second-order valence-electron chi connectivity index (χ2n) is 3.46. The second kappa shape index (κ2) is 3.32. The van der Waals surface area contributed by atoms with E-state index in [0.29, 0.717) is 0 Å². The van der Waals surface area contributed by atoms with Crippen molar-refractivity contribution < 1.29 is 0 Å². The number of rotatable bonds is 0. The van der Waals surface area contributed by atoms with Crippen LogP contribution in [0.2, 0.25) is 0 Å². The molecule has 0 amide bonds. The molecule has 1 unspecified atom stereocenters. The van der Waals surface area contributed by atoms with Gasteiger partial charge in [0.05, 0.1) is 0 Å². The van der Waals surface area contributed by atoms with Crippen molar-refractivity contribution in [3.05, 3.63) is 24.2 Å². The van der Waals surface area contributed by atoms with E-state index >= 15 is 0 Å². The van der Waals surface area contributed by atoms with Crippen molar-refractivity contribution in [1.29, 1.82) is 0 Å². The molecule has 0 fully saturated rings. The van der Waals surface area contributed by atoms with Crippen molar-refractivity contribution in [3.63, 3.8) is 0 Å². The summed E-state index contributed by atoms with van der Waals surface area (Å²) in [5.41, 5.74) is 2.99. The Bertz CT molecular complexity index is 381. The average Bonchev–Trinajstić information content (AvgIpc) is 2.51. The van der Waals surface area contributed by atoms with Crippen LogP contribution in [0.25, 0.3) is 0 Å². The molecule has 3 heteroatoms. The number of allylic oxidation sites excluding steroid dienone is 1. The second-order valence-corrected chi connectivity index (χ2v) is 3.46. The standard InChI is InChI=1S/C11H13N3/c1-3-4-6-11(2)9-10-12-7-5-8-14(10)13-11/h5,7-9,13H,3H2,1-2H3. The molecule has 0 spiro atoms. The lowest BCUT2D eigenvalue weighted by Crippen LogP contribution is -2.41. The fraction of sp³-hybridized carbons (Fsp3) is 0.364. The molecule has 0 saturated heterocycles. The first-order valence-electron chi connectivity index (χ1n) is 4.74. The van der Waals surface area contributed by atoms with Gasteiger partial charge in [0, 0.05) is 18.8 Å². The van der Waals surface area contributed by atoms with E-state index < -0.39 is 0 Å². The van der Waals surface area contributed by atoms with Crippen molar-refractivity contribution in [3.8, 4) is 11.8 Å². The van der Waals surface area contributed by atoms with E-state index in [1.807, 2.05) is 37.2 Å². The first kappa shape index (κ1) is 9.04. The Morgan fingerprint density at radius 1 is 1.64 bits per heavy atom. The maximum atomic E-state index is 4.24. The zero-order chi connectivity index (χ0) is 10.0. The van der Waals surface area contributed by atoms with E-state index in [0.717, 1.165) is 12.2 Å². The summed E-state index contributed by atoms with van der Waals surface area (Å²) in [4.78, 5) is 4.24. The molecule has 2 aliphatic heterocycles. The van der Waals surface area contributed by atoms with Crippen LogP contribution in [0.15, 0.2) is 29.2 Å². The van der Waals surface area contributed by atoms with Gasteiger partial charge < -0.3 is 0 Å². The van der Waals surface area contributed by atoms with Gasteiger partial charge in [0.1, 0.15) is 11.4 Å². The summed E-state index contributed by atoms with van der Waals surface area (Å²) in [5.74, 6) is 7.17. The third kappa shape index (κ3) is 1.57. The van der Waals surface area contributed by atoms with Gasteiger partial charge in [0.15, 0.2) is 0 Å². The highest BCUT2D eigenvalue weighted by atomic mass is 15.6. The van der Waals surface area contributed by atoms with Crippen LogP contribution in [0.5, 0.6) is 0 Å². The van der Waals surface area contributed by atoms with Crippen LogP contribution in [-0.4, -0.2) is 16.8 Å². The lowest BCUT2D eigenvalue weighted by atomic mass is 10.1. The zero-order valence-electron chi connectivity index (χ0n) is 8.41. The predicted molar refractivity (Wildman–Crippen MR) is 57.2 cm³/mol. The summed E-state index contributed by atoms with van der Waals surface area (Å²) in [7, 11) is 0. The quantitative estimate of drug-likeness (QED) is 0.581. The Hall–Kier alpha value is -1.53. The first-order valence-corrected chi connectivity index (χ1v) is 4.74. The minimum atomic E-state index is -0.280. The largest absolute Gasteiger partial charge is 0.265 e. The van der Waals surface area contributed by atoms with Gasteiger partial charge in [-0.25, -0.2) is 10.4 Å². The van der Waals surface area contributed by atoms with E-state index in [1.54, 1.807) is 6.21 Å². The zero-order valence-corrected chi connectivity index (χ0v) is 8.41. The topological polar surface area (TPSA) is 27.6 Å². The molecule has 1 atom stereocenters. The predicted octanol–water partition coefficient (Wildman–Crippen LogP) is 1.42. The van der Waals surface area contributed by atoms with Crippen molar-refractivity contribution in [2.24, 2.45) is 4.99 Å². The molecule has 72 valence electrons. The minimum absolute atomic E-state index is 0.280. The summed E-state index contributed by atoms with van der Waals surface area (Å²) >= 11 is 0. The number of fused-ring (bicyclic) bond motifs is 1. The normalized spacial score (nSPS) is 28.1. The number of aliphatic imine (C=N–C) groups is 1. The number of nitrogens with zero attached hydrogens (tertiary/aromatic N) is 2. The molecule has 0 aromatic rings. The van der Waals surface area contributed by atoms with Crippen molar-refractivity contribution in [2.45, 2.75) is 25.8 Å². The monoisotopic (exact) mass is 187 g/mol.